The van der Waals surface area contributed by atoms with Gasteiger partial charge in [0.2, 0.25) is 0 Å². The quantitative estimate of drug-likeness (QED) is 0.476. The molecule has 4 nitrogen and oxygen atoms in total. The standard InChI is InChI=1S/C13H11F2NO3S/c1-18-12(17)8-4-5-10-9(7-8)16-13(19-10)20-6-2-3-11(14)15/h3-5,7H,2,6H2,1H3. The number of carbonyl (C=O) groups excluding carboxylic acids is 1. The largest absolute Gasteiger partial charge is 0.465 e. The normalized spacial score (nSPS) is 10.6. The highest BCUT2D eigenvalue weighted by Gasteiger charge is 2.10. The van der Waals surface area contributed by atoms with E-state index in [9.17, 15) is 13.6 Å². The van der Waals surface area contributed by atoms with Crippen LogP contribution in [0, 0.1) is 0 Å². The second kappa shape index (κ2) is 6.51. The highest BCUT2D eigenvalue weighted by Crippen LogP contribution is 2.25. The number of benzene rings is 1. The van der Waals surface area contributed by atoms with Gasteiger partial charge in [0.25, 0.3) is 11.3 Å². The average molecular weight is 299 g/mol. The molecule has 106 valence electrons. The number of halogens is 2. The molecule has 0 aliphatic rings. The Kier molecular flexibility index (Phi) is 4.73. The van der Waals surface area contributed by atoms with Crippen molar-refractivity contribution in [2.24, 2.45) is 0 Å². The van der Waals surface area contributed by atoms with Crippen molar-refractivity contribution in [3.05, 3.63) is 35.9 Å². The third-order valence-corrected chi connectivity index (χ3v) is 3.29. The Bertz CT molecular complexity index is 650. The van der Waals surface area contributed by atoms with E-state index in [4.69, 9.17) is 4.42 Å². The van der Waals surface area contributed by atoms with Crippen LogP contribution in [0.4, 0.5) is 8.78 Å². The Balaban J connectivity index is 2.09. The van der Waals surface area contributed by atoms with Gasteiger partial charge in [0, 0.05) is 5.75 Å². The van der Waals surface area contributed by atoms with Crippen LogP contribution < -0.4 is 0 Å². The van der Waals surface area contributed by atoms with E-state index in [0.29, 0.717) is 27.6 Å². The fourth-order valence-electron chi connectivity index (χ4n) is 1.53. The summed E-state index contributed by atoms with van der Waals surface area (Å²) in [6.07, 6.45) is -0.602. The maximum atomic E-state index is 11.9. The molecule has 0 N–H and O–H groups in total. The lowest BCUT2D eigenvalue weighted by molar-refractivity contribution is 0.0601. The first-order valence-electron chi connectivity index (χ1n) is 5.73. The van der Waals surface area contributed by atoms with Crippen LogP contribution in [-0.4, -0.2) is 23.8 Å². The molecule has 0 saturated heterocycles. The van der Waals surface area contributed by atoms with E-state index >= 15 is 0 Å². The molecular formula is C13H11F2NO3S. The first-order chi connectivity index (χ1) is 9.60. The van der Waals surface area contributed by atoms with E-state index < -0.39 is 12.0 Å². The van der Waals surface area contributed by atoms with E-state index in [-0.39, 0.29) is 6.42 Å². The molecule has 0 unspecified atom stereocenters. The molecule has 0 bridgehead atoms. The fraction of sp³-hybridized carbons (Fsp3) is 0.231. The summed E-state index contributed by atoms with van der Waals surface area (Å²) in [6, 6.07) is 4.77. The Morgan fingerprint density at radius 3 is 3.00 bits per heavy atom. The number of hydrogen-bond acceptors (Lipinski definition) is 5. The van der Waals surface area contributed by atoms with Gasteiger partial charge in [-0.25, -0.2) is 9.78 Å². The molecule has 0 atom stereocenters. The highest BCUT2D eigenvalue weighted by atomic mass is 32.2. The predicted molar refractivity (Wildman–Crippen MR) is 71.0 cm³/mol. The van der Waals surface area contributed by atoms with E-state index in [1.165, 1.54) is 18.9 Å². The van der Waals surface area contributed by atoms with Crippen molar-refractivity contribution < 1.29 is 22.7 Å². The van der Waals surface area contributed by atoms with Crippen molar-refractivity contribution in [2.75, 3.05) is 12.9 Å². The number of fused-ring (bicyclic) bond motifs is 1. The average Bonchev–Trinajstić information content (AvgIpc) is 2.84. The van der Waals surface area contributed by atoms with Crippen molar-refractivity contribution in [1.29, 1.82) is 0 Å². The zero-order valence-corrected chi connectivity index (χ0v) is 11.4. The molecule has 1 aromatic carbocycles. The monoisotopic (exact) mass is 299 g/mol. The number of carbonyl (C=O) groups is 1. The van der Waals surface area contributed by atoms with Crippen molar-refractivity contribution in [3.8, 4) is 0 Å². The predicted octanol–water partition coefficient (Wildman–Crippen LogP) is 3.88. The van der Waals surface area contributed by atoms with Crippen molar-refractivity contribution in [2.45, 2.75) is 11.6 Å². The summed E-state index contributed by atoms with van der Waals surface area (Å²) in [4.78, 5) is 15.6. The second-order valence-corrected chi connectivity index (χ2v) is 4.83. The van der Waals surface area contributed by atoms with E-state index in [1.807, 2.05) is 0 Å². The van der Waals surface area contributed by atoms with Gasteiger partial charge >= 0.3 is 5.97 Å². The molecule has 1 aromatic heterocycles. The number of aromatic nitrogens is 1. The summed E-state index contributed by atoms with van der Waals surface area (Å²) in [5.41, 5.74) is 1.45. The topological polar surface area (TPSA) is 52.3 Å². The van der Waals surface area contributed by atoms with Crippen molar-refractivity contribution >= 4 is 28.8 Å². The summed E-state index contributed by atoms with van der Waals surface area (Å²) in [7, 11) is 1.30. The van der Waals surface area contributed by atoms with Crippen LogP contribution >= 0.6 is 11.8 Å². The summed E-state index contributed by atoms with van der Waals surface area (Å²) >= 11 is 1.24. The molecule has 1 heterocycles. The molecule has 0 saturated carbocycles. The number of esters is 1. The minimum atomic E-state index is -1.69. The van der Waals surface area contributed by atoms with Gasteiger partial charge < -0.3 is 9.15 Å². The molecule has 2 aromatic rings. The number of nitrogens with zero attached hydrogens (tertiary/aromatic N) is 1. The Morgan fingerprint density at radius 2 is 2.30 bits per heavy atom. The molecule has 0 radical (unpaired) electrons. The van der Waals surface area contributed by atoms with Crippen LogP contribution in [0.15, 0.2) is 40.0 Å². The Morgan fingerprint density at radius 1 is 1.50 bits per heavy atom. The Labute approximate surface area is 117 Å². The van der Waals surface area contributed by atoms with Crippen LogP contribution in [0.5, 0.6) is 0 Å². The molecule has 0 amide bonds. The zero-order chi connectivity index (χ0) is 14.5. The number of ether oxygens (including phenoxy) is 1. The number of hydrogen-bond donors (Lipinski definition) is 0. The van der Waals surface area contributed by atoms with Gasteiger partial charge in [0.15, 0.2) is 5.58 Å². The van der Waals surface area contributed by atoms with Crippen molar-refractivity contribution in [1.82, 2.24) is 4.98 Å². The molecule has 0 spiro atoms. The summed E-state index contributed by atoms with van der Waals surface area (Å²) in [5.74, 6) is -0.0127. The molecule has 0 aliphatic carbocycles. The molecule has 7 heteroatoms. The zero-order valence-electron chi connectivity index (χ0n) is 10.6. The van der Waals surface area contributed by atoms with Gasteiger partial charge in [-0.15, -0.1) is 0 Å². The van der Waals surface area contributed by atoms with Crippen LogP contribution in [0.25, 0.3) is 11.1 Å². The van der Waals surface area contributed by atoms with Gasteiger partial charge in [-0.1, -0.05) is 11.8 Å². The van der Waals surface area contributed by atoms with Gasteiger partial charge in [-0.2, -0.15) is 8.78 Å². The Hall–Kier alpha value is -1.89. The third kappa shape index (κ3) is 3.57. The second-order valence-electron chi connectivity index (χ2n) is 3.78. The number of allylic oxidation sites excluding steroid dienone is 1. The smallest absolute Gasteiger partial charge is 0.337 e. The summed E-state index contributed by atoms with van der Waals surface area (Å²) in [5, 5.41) is 0.384. The van der Waals surface area contributed by atoms with Gasteiger partial charge in [-0.05, 0) is 30.7 Å². The third-order valence-electron chi connectivity index (χ3n) is 2.43. The SMILES string of the molecule is COC(=O)c1ccc2oc(SCCC=C(F)F)nc2c1. The summed E-state index contributed by atoms with van der Waals surface area (Å²) < 4.78 is 33.8. The minimum Gasteiger partial charge on any atom is -0.465 e. The number of rotatable bonds is 5. The first kappa shape index (κ1) is 14.5. The number of thioether (sulfide) groups is 1. The van der Waals surface area contributed by atoms with Gasteiger partial charge in [0.1, 0.15) is 5.52 Å². The molecule has 0 fully saturated rings. The molecule has 0 aliphatic heterocycles. The summed E-state index contributed by atoms with van der Waals surface area (Å²) in [6.45, 7) is 0. The first-order valence-corrected chi connectivity index (χ1v) is 6.71. The van der Waals surface area contributed by atoms with Crippen LogP contribution in [0.3, 0.4) is 0 Å². The molecule has 20 heavy (non-hydrogen) atoms. The number of oxazole rings is 1. The molecular weight excluding hydrogens is 288 g/mol. The number of methoxy groups -OCH3 is 1. The van der Waals surface area contributed by atoms with Gasteiger partial charge in [0.05, 0.1) is 12.7 Å². The molecule has 2 rings (SSSR count). The minimum absolute atomic E-state index is 0.235. The lowest BCUT2D eigenvalue weighted by Gasteiger charge is -1.96. The lowest BCUT2D eigenvalue weighted by atomic mass is 10.2. The van der Waals surface area contributed by atoms with E-state index in [2.05, 4.69) is 9.72 Å². The van der Waals surface area contributed by atoms with E-state index in [1.54, 1.807) is 18.2 Å². The van der Waals surface area contributed by atoms with Gasteiger partial charge in [-0.3, -0.25) is 0 Å². The van der Waals surface area contributed by atoms with Crippen LogP contribution in [0.1, 0.15) is 16.8 Å². The van der Waals surface area contributed by atoms with E-state index in [0.717, 1.165) is 6.08 Å². The van der Waals surface area contributed by atoms with Crippen molar-refractivity contribution in [3.63, 3.8) is 0 Å². The van der Waals surface area contributed by atoms with Crippen LogP contribution in [0.2, 0.25) is 0 Å². The maximum absolute atomic E-state index is 11.9. The highest BCUT2D eigenvalue weighted by molar-refractivity contribution is 7.99. The maximum Gasteiger partial charge on any atom is 0.337 e. The van der Waals surface area contributed by atoms with Crippen LogP contribution in [-0.2, 0) is 4.74 Å². The fourth-order valence-corrected chi connectivity index (χ4v) is 2.25. The lowest BCUT2D eigenvalue weighted by Crippen LogP contribution is -2.00.